The summed E-state index contributed by atoms with van der Waals surface area (Å²) in [5.41, 5.74) is 2.58. The summed E-state index contributed by atoms with van der Waals surface area (Å²) in [5.74, 6) is 0. The minimum Gasteiger partial charge on any atom is -0.295 e. The molecule has 16 heavy (non-hydrogen) atoms. The Labute approximate surface area is 95.7 Å². The molecule has 1 N–H and O–H groups in total. The van der Waals surface area contributed by atoms with E-state index in [0.717, 1.165) is 16.9 Å². The number of hydrogen-bond acceptors (Lipinski definition) is 1. The summed E-state index contributed by atoms with van der Waals surface area (Å²) in [5, 5.41) is 3.03. The Hall–Kier alpha value is -1.77. The molecule has 3 nitrogen and oxygen atoms in total. The zero-order valence-corrected chi connectivity index (χ0v) is 10.2. The molecule has 0 radical (unpaired) electrons. The van der Waals surface area contributed by atoms with E-state index in [0.29, 0.717) is 0 Å². The lowest BCUT2D eigenvalue weighted by Crippen LogP contribution is -2.15. The first kappa shape index (κ1) is 12.3. The number of benzene rings is 1. The number of aryl methyl sites for hydroxylation is 1. The highest BCUT2D eigenvalue weighted by Crippen LogP contribution is 2.05. The predicted molar refractivity (Wildman–Crippen MR) is 67.2 cm³/mol. The molecular formula is C13H18N2O. The van der Waals surface area contributed by atoms with Gasteiger partial charge < -0.3 is 0 Å². The topological polar surface area (TPSA) is 37.8 Å². The van der Waals surface area contributed by atoms with Gasteiger partial charge in [0.05, 0.1) is 5.69 Å². The number of nitrogens with one attached hydrogen (secondary N) is 1. The summed E-state index contributed by atoms with van der Waals surface area (Å²) in [6.07, 6.45) is 0. The van der Waals surface area contributed by atoms with Crippen molar-refractivity contribution in [2.24, 2.45) is 0 Å². The molecule has 0 aliphatic carbocycles. The molecule has 2 aromatic rings. The molecule has 1 aromatic carbocycles. The third-order valence-corrected chi connectivity index (χ3v) is 2.38. The van der Waals surface area contributed by atoms with Crippen molar-refractivity contribution in [3.8, 4) is 5.69 Å². The Morgan fingerprint density at radius 3 is 2.06 bits per heavy atom. The van der Waals surface area contributed by atoms with Gasteiger partial charge in [-0.25, -0.2) is 4.68 Å². The number of aromatic nitrogens is 2. The largest absolute Gasteiger partial charge is 0.295 e. The molecule has 0 aliphatic heterocycles. The molecule has 3 heteroatoms. The van der Waals surface area contributed by atoms with Crippen LogP contribution in [0.4, 0.5) is 0 Å². The van der Waals surface area contributed by atoms with Crippen molar-refractivity contribution >= 4 is 0 Å². The molecule has 0 saturated carbocycles. The number of hydrogen-bond donors (Lipinski definition) is 1. The lowest BCUT2D eigenvalue weighted by Gasteiger charge is -1.99. The van der Waals surface area contributed by atoms with E-state index in [1.165, 1.54) is 0 Å². The van der Waals surface area contributed by atoms with E-state index in [2.05, 4.69) is 5.10 Å². The quantitative estimate of drug-likeness (QED) is 0.785. The average Bonchev–Trinajstić information content (AvgIpc) is 2.61. The fraction of sp³-hybridized carbons (Fsp3) is 0.308. The summed E-state index contributed by atoms with van der Waals surface area (Å²) < 4.78 is 1.56. The van der Waals surface area contributed by atoms with Gasteiger partial charge in [-0.05, 0) is 26.0 Å². The van der Waals surface area contributed by atoms with E-state index in [1.54, 1.807) is 4.68 Å². The van der Waals surface area contributed by atoms with Gasteiger partial charge in [-0.15, -0.1) is 0 Å². The Morgan fingerprint density at radius 1 is 1.06 bits per heavy atom. The maximum atomic E-state index is 11.7. The SMILES string of the molecule is CC.Cc1[nH]n(-c2ccccc2)c(=O)c1C. The van der Waals surface area contributed by atoms with Gasteiger partial charge in [0, 0.05) is 11.3 Å². The van der Waals surface area contributed by atoms with Crippen LogP contribution in [0.1, 0.15) is 25.1 Å². The van der Waals surface area contributed by atoms with Crippen LogP contribution in [0.15, 0.2) is 35.1 Å². The first-order chi connectivity index (χ1) is 7.70. The highest BCUT2D eigenvalue weighted by molar-refractivity contribution is 5.32. The Bertz CT molecular complexity index is 494. The lowest BCUT2D eigenvalue weighted by atomic mass is 10.3. The van der Waals surface area contributed by atoms with Gasteiger partial charge in [0.15, 0.2) is 0 Å². The zero-order valence-electron chi connectivity index (χ0n) is 10.2. The van der Waals surface area contributed by atoms with Crippen molar-refractivity contribution in [3.63, 3.8) is 0 Å². The highest BCUT2D eigenvalue weighted by Gasteiger charge is 2.06. The van der Waals surface area contributed by atoms with Crippen LogP contribution in [-0.4, -0.2) is 9.78 Å². The molecule has 0 saturated heterocycles. The molecule has 0 bridgehead atoms. The van der Waals surface area contributed by atoms with Crippen molar-refractivity contribution in [2.75, 3.05) is 0 Å². The molecule has 1 aromatic heterocycles. The Kier molecular flexibility index (Phi) is 4.11. The molecule has 1 heterocycles. The monoisotopic (exact) mass is 218 g/mol. The van der Waals surface area contributed by atoms with Gasteiger partial charge in [0.25, 0.3) is 5.56 Å². The smallest absolute Gasteiger partial charge is 0.274 e. The fourth-order valence-corrected chi connectivity index (χ4v) is 1.39. The van der Waals surface area contributed by atoms with Crippen LogP contribution < -0.4 is 5.56 Å². The highest BCUT2D eigenvalue weighted by atomic mass is 16.1. The summed E-state index contributed by atoms with van der Waals surface area (Å²) in [6, 6.07) is 9.55. The second-order valence-corrected chi connectivity index (χ2v) is 3.34. The van der Waals surface area contributed by atoms with Crippen LogP contribution in [-0.2, 0) is 0 Å². The minimum absolute atomic E-state index is 0.0219. The fourth-order valence-electron chi connectivity index (χ4n) is 1.39. The van der Waals surface area contributed by atoms with E-state index < -0.39 is 0 Å². The summed E-state index contributed by atoms with van der Waals surface area (Å²) in [6.45, 7) is 7.73. The molecular weight excluding hydrogens is 200 g/mol. The van der Waals surface area contributed by atoms with Crippen molar-refractivity contribution < 1.29 is 0 Å². The Balaban J connectivity index is 0.000000606. The van der Waals surface area contributed by atoms with Gasteiger partial charge in [-0.2, -0.15) is 0 Å². The maximum Gasteiger partial charge on any atom is 0.274 e. The summed E-state index contributed by atoms with van der Waals surface area (Å²) >= 11 is 0. The van der Waals surface area contributed by atoms with Crippen LogP contribution >= 0.6 is 0 Å². The number of H-pyrrole nitrogens is 1. The average molecular weight is 218 g/mol. The second kappa shape index (κ2) is 5.35. The molecule has 2 rings (SSSR count). The van der Waals surface area contributed by atoms with Crippen LogP contribution in [0, 0.1) is 13.8 Å². The van der Waals surface area contributed by atoms with Crippen LogP contribution in [0.5, 0.6) is 0 Å². The van der Waals surface area contributed by atoms with E-state index in [4.69, 9.17) is 0 Å². The first-order valence-electron chi connectivity index (χ1n) is 5.54. The molecule has 0 amide bonds. The molecule has 0 spiro atoms. The standard InChI is InChI=1S/C11H12N2O.C2H6/c1-8-9(2)12-13(11(8)14)10-6-4-3-5-7-10;1-2/h3-7,12H,1-2H3;1-2H3. The van der Waals surface area contributed by atoms with E-state index in [9.17, 15) is 4.79 Å². The third-order valence-electron chi connectivity index (χ3n) is 2.38. The molecule has 0 fully saturated rings. The second-order valence-electron chi connectivity index (χ2n) is 3.34. The minimum atomic E-state index is 0.0219. The molecule has 0 aliphatic rings. The van der Waals surface area contributed by atoms with Gasteiger partial charge >= 0.3 is 0 Å². The number of nitrogens with zero attached hydrogens (tertiary/aromatic N) is 1. The van der Waals surface area contributed by atoms with Crippen molar-refractivity contribution in [1.29, 1.82) is 0 Å². The van der Waals surface area contributed by atoms with Gasteiger partial charge in [-0.3, -0.25) is 9.89 Å². The normalized spacial score (nSPS) is 9.50. The number of para-hydroxylation sites is 1. The van der Waals surface area contributed by atoms with Crippen molar-refractivity contribution in [3.05, 3.63) is 51.9 Å². The lowest BCUT2D eigenvalue weighted by molar-refractivity contribution is 0.835. The van der Waals surface area contributed by atoms with Crippen LogP contribution in [0.2, 0.25) is 0 Å². The first-order valence-corrected chi connectivity index (χ1v) is 5.54. The van der Waals surface area contributed by atoms with Crippen LogP contribution in [0.25, 0.3) is 5.69 Å². The van der Waals surface area contributed by atoms with Crippen molar-refractivity contribution in [2.45, 2.75) is 27.7 Å². The van der Waals surface area contributed by atoms with Gasteiger partial charge in [-0.1, -0.05) is 32.0 Å². The Morgan fingerprint density at radius 2 is 1.62 bits per heavy atom. The van der Waals surface area contributed by atoms with Crippen LogP contribution in [0.3, 0.4) is 0 Å². The number of rotatable bonds is 1. The van der Waals surface area contributed by atoms with E-state index in [-0.39, 0.29) is 5.56 Å². The van der Waals surface area contributed by atoms with Crippen molar-refractivity contribution in [1.82, 2.24) is 9.78 Å². The van der Waals surface area contributed by atoms with E-state index >= 15 is 0 Å². The molecule has 0 unspecified atom stereocenters. The molecule has 0 atom stereocenters. The summed E-state index contributed by atoms with van der Waals surface area (Å²) in [7, 11) is 0. The maximum absolute atomic E-state index is 11.7. The van der Waals surface area contributed by atoms with Gasteiger partial charge in [0.2, 0.25) is 0 Å². The number of aromatic amines is 1. The van der Waals surface area contributed by atoms with E-state index in [1.807, 2.05) is 58.0 Å². The predicted octanol–water partition coefficient (Wildman–Crippen LogP) is 2.81. The molecule has 86 valence electrons. The zero-order chi connectivity index (χ0) is 12.1. The van der Waals surface area contributed by atoms with Gasteiger partial charge in [0.1, 0.15) is 0 Å². The third kappa shape index (κ3) is 2.24. The summed E-state index contributed by atoms with van der Waals surface area (Å²) in [4.78, 5) is 11.7.